The highest BCUT2D eigenvalue weighted by atomic mass is 16.2. The molecule has 460 valence electrons. The zero-order valence-corrected chi connectivity index (χ0v) is 49.3. The Bertz CT molecular complexity index is 1520. The number of unbranched alkanes of at least 4 members (excludes halogenated alkanes) is 8. The van der Waals surface area contributed by atoms with Crippen LogP contribution in [-0.4, -0.2) is 155 Å². The molecular weight excluding hydrogens is 1000 g/mol. The van der Waals surface area contributed by atoms with E-state index in [1.54, 1.807) is 14.0 Å². The van der Waals surface area contributed by atoms with Crippen molar-refractivity contribution in [1.29, 1.82) is 0 Å². The Morgan fingerprint density at radius 2 is 0.628 bits per heavy atom. The molecule has 0 heterocycles. The lowest BCUT2D eigenvalue weighted by molar-refractivity contribution is -0.129. The number of aldehydes is 1. The van der Waals surface area contributed by atoms with Gasteiger partial charge in [0.1, 0.15) is 24.2 Å². The van der Waals surface area contributed by atoms with Gasteiger partial charge in [-0.15, -0.1) is 0 Å². The van der Waals surface area contributed by atoms with Crippen LogP contribution in [0.3, 0.4) is 0 Å². The lowest BCUT2D eigenvalue weighted by atomic mass is 10.1. The zero-order chi connectivity index (χ0) is 59.9. The summed E-state index contributed by atoms with van der Waals surface area (Å²) < 4.78 is 0. The molecule has 24 nitrogen and oxygen atoms in total. The van der Waals surface area contributed by atoms with Crippen LogP contribution < -0.4 is 88.8 Å². The first kappa shape index (κ1) is 80.2. The minimum atomic E-state index is -0.735. The summed E-state index contributed by atoms with van der Waals surface area (Å²) in [6.45, 7) is 13.5. The molecule has 0 radical (unpaired) electrons. The molecule has 0 aromatic carbocycles. The number of likely N-dealkylation sites (N-methyl/N-ethyl adjacent to an activating group) is 1. The normalized spacial score (nSPS) is 13.7. The first-order valence-electron chi connectivity index (χ1n) is 29.4. The Hall–Kier alpha value is -4.24. The molecule has 6 amide bonds. The maximum Gasteiger partial charge on any atom is 0.242 e. The third-order valence-corrected chi connectivity index (χ3v) is 12.4. The Kier molecular flexibility index (Phi) is 59.1. The van der Waals surface area contributed by atoms with Gasteiger partial charge in [0.15, 0.2) is 0 Å². The van der Waals surface area contributed by atoms with Crippen LogP contribution in [0.2, 0.25) is 0 Å². The number of amides is 6. The topological polar surface area (TPSA) is 455 Å². The van der Waals surface area contributed by atoms with Crippen LogP contribution in [0, 0.1) is 0 Å². The highest BCUT2D eigenvalue weighted by Crippen LogP contribution is 2.08. The monoisotopic (exact) mass is 1120 g/mol. The van der Waals surface area contributed by atoms with E-state index in [1.165, 1.54) is 0 Å². The van der Waals surface area contributed by atoms with Gasteiger partial charge in [-0.3, -0.25) is 33.6 Å². The van der Waals surface area contributed by atoms with Crippen molar-refractivity contribution in [3.63, 3.8) is 0 Å². The molecule has 0 bridgehead atoms. The highest BCUT2D eigenvalue weighted by molar-refractivity contribution is 5.90. The second-order valence-corrected chi connectivity index (χ2v) is 19.0. The molecule has 0 aliphatic carbocycles. The Morgan fingerprint density at radius 3 is 0.949 bits per heavy atom. The molecule has 0 aliphatic rings. The van der Waals surface area contributed by atoms with Gasteiger partial charge in [-0.25, -0.2) is 0 Å². The smallest absolute Gasteiger partial charge is 0.242 e. The van der Waals surface area contributed by atoms with Gasteiger partial charge in [0, 0.05) is 19.6 Å². The van der Waals surface area contributed by atoms with Crippen LogP contribution in [0.1, 0.15) is 189 Å². The van der Waals surface area contributed by atoms with Gasteiger partial charge in [0.05, 0.1) is 36.3 Å². The Labute approximate surface area is 469 Å². The molecule has 24 heteroatoms. The molecular formula is C54H116N16O8. The van der Waals surface area contributed by atoms with Gasteiger partial charge in [0.25, 0.3) is 0 Å². The molecule has 0 fully saturated rings. The quantitative estimate of drug-likeness (QED) is 0.0274. The van der Waals surface area contributed by atoms with E-state index in [0.717, 1.165) is 64.2 Å². The van der Waals surface area contributed by atoms with Crippen LogP contribution in [0.5, 0.6) is 0 Å². The fourth-order valence-corrected chi connectivity index (χ4v) is 7.61. The summed E-state index contributed by atoms with van der Waals surface area (Å²) in [5.41, 5.74) is 51.3. The van der Waals surface area contributed by atoms with Crippen molar-refractivity contribution in [2.45, 2.75) is 237 Å². The van der Waals surface area contributed by atoms with Crippen molar-refractivity contribution in [2.24, 2.45) is 51.6 Å². The molecule has 0 saturated carbocycles. The lowest BCUT2D eigenvalue weighted by Crippen LogP contribution is -2.51. The van der Waals surface area contributed by atoms with E-state index in [4.69, 9.17) is 51.6 Å². The van der Waals surface area contributed by atoms with Crippen LogP contribution >= 0.6 is 0 Å². The van der Waals surface area contributed by atoms with Gasteiger partial charge < -0.3 is 93.6 Å². The van der Waals surface area contributed by atoms with E-state index in [1.807, 2.05) is 27.7 Å². The van der Waals surface area contributed by atoms with Crippen molar-refractivity contribution in [3.8, 4) is 0 Å². The van der Waals surface area contributed by atoms with Gasteiger partial charge in [0.2, 0.25) is 35.4 Å². The minimum Gasteiger partial charge on any atom is -0.355 e. The summed E-state index contributed by atoms with van der Waals surface area (Å²) in [6.07, 6.45) is 16.5. The van der Waals surface area contributed by atoms with E-state index in [9.17, 15) is 38.4 Å². The maximum atomic E-state index is 12.9. The van der Waals surface area contributed by atoms with Gasteiger partial charge in [-0.2, -0.15) is 0 Å². The summed E-state index contributed by atoms with van der Waals surface area (Å²) in [7, 11) is 1.76. The molecule has 8 unspecified atom stereocenters. The molecule has 8 atom stereocenters. The number of nitrogens with one attached hydrogen (secondary N) is 7. The standard InChI is InChI=1S/C26H54N8O4.C24H50N8O4.2C2H6/c1-19(35)22(31-2)13-5-9-18-33-26(38)23(34-25(37)21(30)12-4-8-16-28)14-6-10-17-32-24(36)20(29)11-3-7-15-27;25-13-5-1-9-18(17-33)31-22(34)19(28)11-4-8-16-30-24(36)21(12-3-7-15-27)32-23(35)20(29)10-2-6-14-26;2*1-2/h20-23,31H,3-18,27-30H2,1-2H3,(H,32,36)(H,33,38)(H,34,37);17-21H,1-16,25-29H2,(H,30,36)(H,31,34)(H,32,35);2*1-2H3. The van der Waals surface area contributed by atoms with Crippen molar-refractivity contribution in [3.05, 3.63) is 0 Å². The van der Waals surface area contributed by atoms with Crippen LogP contribution in [0.4, 0.5) is 0 Å². The number of nitrogens with two attached hydrogens (primary N) is 9. The molecule has 0 rings (SSSR count). The first-order chi connectivity index (χ1) is 37.5. The van der Waals surface area contributed by atoms with Crippen LogP contribution in [0.25, 0.3) is 0 Å². The second kappa shape index (κ2) is 57.4. The second-order valence-electron chi connectivity index (χ2n) is 19.0. The zero-order valence-electron chi connectivity index (χ0n) is 49.3. The molecule has 0 aromatic rings. The largest absolute Gasteiger partial charge is 0.355 e. The summed E-state index contributed by atoms with van der Waals surface area (Å²) in [5, 5.41) is 19.8. The fraction of sp³-hybridized carbons (Fsp3) is 0.852. The molecule has 78 heavy (non-hydrogen) atoms. The Balaban J connectivity index is -0.000000660. The van der Waals surface area contributed by atoms with Crippen molar-refractivity contribution < 1.29 is 38.4 Å². The van der Waals surface area contributed by atoms with E-state index < -0.39 is 42.3 Å². The predicted octanol–water partition coefficient (Wildman–Crippen LogP) is -0.331. The van der Waals surface area contributed by atoms with E-state index >= 15 is 0 Å². The molecule has 0 spiro atoms. The van der Waals surface area contributed by atoms with Gasteiger partial charge in [-0.05, 0) is 182 Å². The third kappa shape index (κ3) is 45.6. The summed E-state index contributed by atoms with van der Waals surface area (Å²) >= 11 is 0. The van der Waals surface area contributed by atoms with Crippen molar-refractivity contribution >= 4 is 47.5 Å². The number of carbonyl (C=O) groups is 8. The molecule has 0 aromatic heterocycles. The maximum absolute atomic E-state index is 12.9. The average Bonchev–Trinajstić information content (AvgIpc) is 3.43. The number of ketones is 1. The Morgan fingerprint density at radius 1 is 0.359 bits per heavy atom. The number of Topliss-reactive ketones (excluding diaryl/α,β-unsaturated/α-hetero) is 1. The molecule has 0 aliphatic heterocycles. The number of rotatable bonds is 47. The molecule has 0 saturated heterocycles. The molecule has 25 N–H and O–H groups in total. The van der Waals surface area contributed by atoms with Gasteiger partial charge >= 0.3 is 0 Å². The first-order valence-corrected chi connectivity index (χ1v) is 29.4. The van der Waals surface area contributed by atoms with Crippen LogP contribution in [0.15, 0.2) is 0 Å². The fourth-order valence-electron chi connectivity index (χ4n) is 7.61. The van der Waals surface area contributed by atoms with Crippen molar-refractivity contribution in [1.82, 2.24) is 37.2 Å². The van der Waals surface area contributed by atoms with Crippen LogP contribution in [-0.2, 0) is 38.4 Å². The predicted molar refractivity (Wildman–Crippen MR) is 315 cm³/mol. The minimum absolute atomic E-state index is 0.0897. The lowest BCUT2D eigenvalue weighted by Gasteiger charge is -2.21. The number of hydrogen-bond acceptors (Lipinski definition) is 18. The summed E-state index contributed by atoms with van der Waals surface area (Å²) in [4.78, 5) is 97.6. The third-order valence-electron chi connectivity index (χ3n) is 12.4. The average molecular weight is 1120 g/mol. The number of hydrogen-bond donors (Lipinski definition) is 16. The highest BCUT2D eigenvalue weighted by Gasteiger charge is 2.25. The van der Waals surface area contributed by atoms with E-state index in [2.05, 4.69) is 37.2 Å². The van der Waals surface area contributed by atoms with E-state index in [-0.39, 0.29) is 47.3 Å². The number of carbonyl (C=O) groups excluding carboxylic acids is 8. The SMILES string of the molecule is CC.CC.CNC(CCCCNC(=O)C(CCCCNC(=O)C(N)CCCCN)NC(=O)C(N)CCCCN)C(C)=O.NCCCCC(C=O)NC(=O)C(N)CCCCNC(=O)C(CCCCN)NC(=O)C(N)CCCCN. The summed E-state index contributed by atoms with van der Waals surface area (Å²) in [5.74, 6) is -1.73. The van der Waals surface area contributed by atoms with Gasteiger partial charge in [-0.1, -0.05) is 47.0 Å². The summed E-state index contributed by atoms with van der Waals surface area (Å²) in [6, 6.07) is -4.83. The van der Waals surface area contributed by atoms with E-state index in [0.29, 0.717) is 149 Å². The van der Waals surface area contributed by atoms with Crippen molar-refractivity contribution in [2.75, 3.05) is 59.4 Å².